The molecule has 1 fully saturated rings. The van der Waals surface area contributed by atoms with Crippen LogP contribution in [0.5, 0.6) is 0 Å². The van der Waals surface area contributed by atoms with Crippen LogP contribution in [0.2, 0.25) is 0 Å². The van der Waals surface area contributed by atoms with E-state index in [-0.39, 0.29) is 5.41 Å². The van der Waals surface area contributed by atoms with E-state index >= 15 is 0 Å². The summed E-state index contributed by atoms with van der Waals surface area (Å²) in [5.74, 6) is -0.0377. The molecule has 0 bridgehead atoms. The highest BCUT2D eigenvalue weighted by Gasteiger charge is 2.43. The van der Waals surface area contributed by atoms with Gasteiger partial charge in [-0.1, -0.05) is 39.7 Å². The Kier molecular flexibility index (Phi) is 3.08. The monoisotopic (exact) mass is 287 g/mol. The highest BCUT2D eigenvalue weighted by Crippen LogP contribution is 2.42. The van der Waals surface area contributed by atoms with Crippen LogP contribution in [0, 0.1) is 0 Å². The molecule has 0 unspecified atom stereocenters. The van der Waals surface area contributed by atoms with Gasteiger partial charge in [0, 0.05) is 5.41 Å². The number of benzene rings is 1. The van der Waals surface area contributed by atoms with Crippen LogP contribution in [-0.4, -0.2) is 16.1 Å². The van der Waals surface area contributed by atoms with E-state index in [1.807, 2.05) is 39.0 Å². The fourth-order valence-corrected chi connectivity index (χ4v) is 3.15. The molecule has 0 radical (unpaired) electrons. The molecule has 1 aliphatic carbocycles. The smallest absolute Gasteiger partial charge is 0.314 e. The first kappa shape index (κ1) is 14.1. The first-order valence-corrected chi connectivity index (χ1v) is 7.48. The summed E-state index contributed by atoms with van der Waals surface area (Å²) >= 11 is 0. The largest absolute Gasteiger partial charge is 0.481 e. The average Bonchev–Trinajstić information content (AvgIpc) is 3.04. The molecule has 4 heteroatoms. The molecule has 0 saturated heterocycles. The maximum absolute atomic E-state index is 11.8. The van der Waals surface area contributed by atoms with Crippen molar-refractivity contribution in [2.45, 2.75) is 57.3 Å². The van der Waals surface area contributed by atoms with Crippen molar-refractivity contribution < 1.29 is 14.3 Å². The van der Waals surface area contributed by atoms with Gasteiger partial charge in [-0.25, -0.2) is 4.98 Å². The Labute approximate surface area is 124 Å². The van der Waals surface area contributed by atoms with Gasteiger partial charge in [-0.05, 0) is 30.5 Å². The molecule has 21 heavy (non-hydrogen) atoms. The van der Waals surface area contributed by atoms with Gasteiger partial charge in [-0.3, -0.25) is 4.79 Å². The van der Waals surface area contributed by atoms with E-state index in [2.05, 4.69) is 4.98 Å². The SMILES string of the molecule is CC(C)(C)c1nc2cc(C3(C(=O)O)CCCC3)ccc2o1. The maximum Gasteiger partial charge on any atom is 0.314 e. The highest BCUT2D eigenvalue weighted by molar-refractivity contribution is 5.84. The van der Waals surface area contributed by atoms with Crippen LogP contribution < -0.4 is 0 Å². The van der Waals surface area contributed by atoms with Crippen molar-refractivity contribution in [3.8, 4) is 0 Å². The van der Waals surface area contributed by atoms with Gasteiger partial charge in [0.25, 0.3) is 0 Å². The van der Waals surface area contributed by atoms with Gasteiger partial charge in [0.05, 0.1) is 5.41 Å². The van der Waals surface area contributed by atoms with Crippen LogP contribution in [-0.2, 0) is 15.6 Å². The number of fused-ring (bicyclic) bond motifs is 1. The summed E-state index contributed by atoms with van der Waals surface area (Å²) in [6.45, 7) is 6.15. The maximum atomic E-state index is 11.8. The minimum absolute atomic E-state index is 0.156. The van der Waals surface area contributed by atoms with Gasteiger partial charge in [-0.15, -0.1) is 0 Å². The number of nitrogens with zero attached hydrogens (tertiary/aromatic N) is 1. The van der Waals surface area contributed by atoms with Crippen molar-refractivity contribution in [2.75, 3.05) is 0 Å². The Morgan fingerprint density at radius 2 is 1.95 bits per heavy atom. The summed E-state index contributed by atoms with van der Waals surface area (Å²) in [5.41, 5.74) is 1.44. The number of carboxylic acid groups (broad SMARTS) is 1. The summed E-state index contributed by atoms with van der Waals surface area (Å²) in [4.78, 5) is 16.3. The predicted octanol–water partition coefficient (Wildman–Crippen LogP) is 4.02. The van der Waals surface area contributed by atoms with E-state index in [4.69, 9.17) is 4.42 Å². The fourth-order valence-electron chi connectivity index (χ4n) is 3.15. The molecule has 112 valence electrons. The van der Waals surface area contributed by atoms with Crippen molar-refractivity contribution in [3.63, 3.8) is 0 Å². The zero-order valence-electron chi connectivity index (χ0n) is 12.8. The van der Waals surface area contributed by atoms with Crippen molar-refractivity contribution in [2.24, 2.45) is 0 Å². The lowest BCUT2D eigenvalue weighted by atomic mass is 9.79. The van der Waals surface area contributed by atoms with E-state index in [0.29, 0.717) is 18.7 Å². The fraction of sp³-hybridized carbons (Fsp3) is 0.529. The zero-order chi connectivity index (χ0) is 15.3. The first-order chi connectivity index (χ1) is 9.83. The summed E-state index contributed by atoms with van der Waals surface area (Å²) in [5, 5.41) is 9.68. The van der Waals surface area contributed by atoms with Crippen LogP contribution in [0.15, 0.2) is 22.6 Å². The molecule has 1 aromatic heterocycles. The van der Waals surface area contributed by atoms with Gasteiger partial charge < -0.3 is 9.52 Å². The first-order valence-electron chi connectivity index (χ1n) is 7.48. The number of hydrogen-bond donors (Lipinski definition) is 1. The standard InChI is InChI=1S/C17H21NO3/c1-16(2,3)14-18-12-10-11(6-7-13(12)21-14)17(15(19)20)8-4-5-9-17/h6-7,10H,4-5,8-9H2,1-3H3,(H,19,20). The normalized spacial score (nSPS) is 18.2. The van der Waals surface area contributed by atoms with Crippen LogP contribution in [0.4, 0.5) is 0 Å². The molecular weight excluding hydrogens is 266 g/mol. The lowest BCUT2D eigenvalue weighted by Gasteiger charge is -2.24. The highest BCUT2D eigenvalue weighted by atomic mass is 16.4. The number of carboxylic acids is 1. The van der Waals surface area contributed by atoms with Gasteiger partial charge in [0.2, 0.25) is 5.89 Å². The molecule has 1 saturated carbocycles. The van der Waals surface area contributed by atoms with Crippen molar-refractivity contribution in [1.82, 2.24) is 4.98 Å². The lowest BCUT2D eigenvalue weighted by molar-refractivity contribution is -0.143. The summed E-state index contributed by atoms with van der Waals surface area (Å²) in [7, 11) is 0. The molecule has 1 aromatic carbocycles. The second kappa shape index (κ2) is 4.58. The van der Waals surface area contributed by atoms with Crippen molar-refractivity contribution in [3.05, 3.63) is 29.7 Å². The quantitative estimate of drug-likeness (QED) is 0.906. The molecule has 1 heterocycles. The van der Waals surface area contributed by atoms with Crippen molar-refractivity contribution >= 4 is 17.1 Å². The predicted molar refractivity (Wildman–Crippen MR) is 80.5 cm³/mol. The van der Waals surface area contributed by atoms with Gasteiger partial charge >= 0.3 is 5.97 Å². The Balaban J connectivity index is 2.10. The van der Waals surface area contributed by atoms with E-state index < -0.39 is 11.4 Å². The zero-order valence-corrected chi connectivity index (χ0v) is 12.8. The summed E-state index contributed by atoms with van der Waals surface area (Å²) in [6, 6.07) is 5.64. The number of hydrogen-bond acceptors (Lipinski definition) is 3. The number of oxazole rings is 1. The van der Waals surface area contributed by atoms with Crippen LogP contribution in [0.1, 0.15) is 57.9 Å². The van der Waals surface area contributed by atoms with Crippen LogP contribution in [0.25, 0.3) is 11.1 Å². The number of rotatable bonds is 2. The summed E-state index contributed by atoms with van der Waals surface area (Å²) < 4.78 is 5.78. The molecule has 1 N–H and O–H groups in total. The molecular formula is C17H21NO3. The van der Waals surface area contributed by atoms with Crippen LogP contribution >= 0.6 is 0 Å². The van der Waals surface area contributed by atoms with E-state index in [0.717, 1.165) is 29.5 Å². The lowest BCUT2D eigenvalue weighted by Crippen LogP contribution is -2.32. The van der Waals surface area contributed by atoms with Crippen molar-refractivity contribution in [1.29, 1.82) is 0 Å². The second-order valence-corrected chi connectivity index (χ2v) is 7.05. The van der Waals surface area contributed by atoms with Gasteiger partial charge in [0.1, 0.15) is 5.52 Å². The Hall–Kier alpha value is -1.84. The number of carbonyl (C=O) groups is 1. The Morgan fingerprint density at radius 1 is 1.29 bits per heavy atom. The van der Waals surface area contributed by atoms with Gasteiger partial charge in [-0.2, -0.15) is 0 Å². The molecule has 0 atom stereocenters. The summed E-state index contributed by atoms with van der Waals surface area (Å²) in [6.07, 6.45) is 3.35. The number of aliphatic carboxylic acids is 1. The molecule has 1 aliphatic rings. The van der Waals surface area contributed by atoms with Gasteiger partial charge in [0.15, 0.2) is 5.58 Å². The van der Waals surface area contributed by atoms with E-state index in [1.165, 1.54) is 0 Å². The van der Waals surface area contributed by atoms with E-state index in [9.17, 15) is 9.90 Å². The molecule has 3 rings (SSSR count). The molecule has 0 spiro atoms. The Bertz CT molecular complexity index is 688. The Morgan fingerprint density at radius 3 is 2.52 bits per heavy atom. The molecule has 2 aromatic rings. The third kappa shape index (κ3) is 2.23. The third-order valence-electron chi connectivity index (χ3n) is 4.45. The number of aromatic nitrogens is 1. The minimum Gasteiger partial charge on any atom is -0.481 e. The van der Waals surface area contributed by atoms with Crippen LogP contribution in [0.3, 0.4) is 0 Å². The average molecular weight is 287 g/mol. The van der Waals surface area contributed by atoms with E-state index in [1.54, 1.807) is 0 Å². The second-order valence-electron chi connectivity index (χ2n) is 7.05. The minimum atomic E-state index is -0.741. The third-order valence-corrected chi connectivity index (χ3v) is 4.45. The molecule has 0 aliphatic heterocycles. The molecule has 4 nitrogen and oxygen atoms in total. The molecule has 0 amide bonds. The topological polar surface area (TPSA) is 63.3 Å².